The highest BCUT2D eigenvalue weighted by Crippen LogP contribution is 2.31. The number of aryl methyl sites for hydroxylation is 1. The molecule has 1 aromatic carbocycles. The largest absolute Gasteiger partial charge is 0.364 e. The van der Waals surface area contributed by atoms with Gasteiger partial charge in [-0.25, -0.2) is 0 Å². The first-order valence-electron chi connectivity index (χ1n) is 8.63. The van der Waals surface area contributed by atoms with E-state index in [-0.39, 0.29) is 18.1 Å². The van der Waals surface area contributed by atoms with Crippen molar-refractivity contribution in [3.05, 3.63) is 35.4 Å². The summed E-state index contributed by atoms with van der Waals surface area (Å²) in [6.07, 6.45) is 4.69. The lowest BCUT2D eigenvalue weighted by atomic mass is 9.78. The van der Waals surface area contributed by atoms with Crippen molar-refractivity contribution in [1.29, 1.82) is 0 Å². The van der Waals surface area contributed by atoms with E-state index in [0.717, 1.165) is 36.8 Å². The van der Waals surface area contributed by atoms with Crippen LogP contribution < -0.4 is 5.73 Å². The molecule has 1 fully saturated rings. The van der Waals surface area contributed by atoms with E-state index in [0.29, 0.717) is 12.3 Å². The lowest BCUT2D eigenvalue weighted by Gasteiger charge is -2.27. The third-order valence-corrected chi connectivity index (χ3v) is 5.16. The molecule has 1 atom stereocenters. The lowest BCUT2D eigenvalue weighted by molar-refractivity contribution is -0.177. The van der Waals surface area contributed by atoms with Crippen LogP contribution in [0.5, 0.6) is 0 Å². The predicted octanol–water partition coefficient (Wildman–Crippen LogP) is 2.66. The molecule has 0 radical (unpaired) electrons. The molecule has 0 spiro atoms. The van der Waals surface area contributed by atoms with E-state index < -0.39 is 11.8 Å². The van der Waals surface area contributed by atoms with E-state index in [2.05, 4.69) is 6.92 Å². The maximum absolute atomic E-state index is 12.8. The van der Waals surface area contributed by atoms with Crippen LogP contribution in [0.1, 0.15) is 61.9 Å². The minimum Gasteiger partial charge on any atom is -0.364 e. The van der Waals surface area contributed by atoms with Gasteiger partial charge in [-0.1, -0.05) is 44.0 Å². The van der Waals surface area contributed by atoms with E-state index in [1.165, 1.54) is 0 Å². The Balaban J connectivity index is 2.09. The second-order valence-electron chi connectivity index (χ2n) is 7.15. The number of carbonyl (C=O) groups excluding carboxylic acids is 1. The highest BCUT2D eigenvalue weighted by atomic mass is 16.5. The zero-order valence-electron chi connectivity index (χ0n) is 14.2. The van der Waals surface area contributed by atoms with E-state index in [1.54, 1.807) is 6.92 Å². The van der Waals surface area contributed by atoms with Gasteiger partial charge in [0.2, 0.25) is 0 Å². The molecule has 1 aliphatic carbocycles. The second-order valence-corrected chi connectivity index (χ2v) is 7.15. The third kappa shape index (κ3) is 4.63. The summed E-state index contributed by atoms with van der Waals surface area (Å²) < 4.78 is 0. The summed E-state index contributed by atoms with van der Waals surface area (Å²) in [5, 5.41) is 19.8. The normalized spacial score (nSPS) is 23.5. The minimum atomic E-state index is -1.91. The molecule has 0 aliphatic heterocycles. The number of ketones is 1. The van der Waals surface area contributed by atoms with Crippen LogP contribution in [0, 0.1) is 11.8 Å². The Morgan fingerprint density at radius 3 is 2.48 bits per heavy atom. The van der Waals surface area contributed by atoms with Gasteiger partial charge in [-0.05, 0) is 37.7 Å². The van der Waals surface area contributed by atoms with Crippen LogP contribution in [0.15, 0.2) is 24.3 Å². The third-order valence-electron chi connectivity index (χ3n) is 5.16. The first-order chi connectivity index (χ1) is 10.8. The Labute approximate surface area is 138 Å². The zero-order valence-corrected chi connectivity index (χ0v) is 14.2. The number of hydrogen-bond acceptors (Lipinski definition) is 4. The molecular formula is C19H29NO3. The Hall–Kier alpha value is -1.23. The number of aliphatic hydroxyl groups is 2. The molecule has 4 N–H and O–H groups in total. The number of Topliss-reactive ketones (excluding diaryl/α,β-unsaturated/α-hetero) is 1. The van der Waals surface area contributed by atoms with Crippen LogP contribution in [0.2, 0.25) is 0 Å². The maximum atomic E-state index is 12.8. The molecule has 128 valence electrons. The van der Waals surface area contributed by atoms with Crippen LogP contribution >= 0.6 is 0 Å². The first kappa shape index (κ1) is 18.1. The predicted molar refractivity (Wildman–Crippen MR) is 91.0 cm³/mol. The number of carbonyl (C=O) groups is 1. The molecule has 0 aromatic heterocycles. The van der Waals surface area contributed by atoms with Gasteiger partial charge in [0, 0.05) is 17.9 Å². The van der Waals surface area contributed by atoms with Gasteiger partial charge in [0.05, 0.1) is 6.04 Å². The van der Waals surface area contributed by atoms with Crippen molar-refractivity contribution in [3.63, 3.8) is 0 Å². The Bertz CT molecular complexity index is 531. The van der Waals surface area contributed by atoms with Gasteiger partial charge in [-0.15, -0.1) is 0 Å². The number of hydrogen-bond donors (Lipinski definition) is 3. The Kier molecular flexibility index (Phi) is 5.95. The van der Waals surface area contributed by atoms with Gasteiger partial charge in [0.1, 0.15) is 0 Å². The molecule has 0 bridgehead atoms. The monoisotopic (exact) mass is 319 g/mol. The fraction of sp³-hybridized carbons (Fsp3) is 0.632. The molecule has 2 rings (SSSR count). The summed E-state index contributed by atoms with van der Waals surface area (Å²) >= 11 is 0. The maximum Gasteiger partial charge on any atom is 0.178 e. The molecule has 0 heterocycles. The summed E-state index contributed by atoms with van der Waals surface area (Å²) in [7, 11) is 0. The molecule has 1 saturated carbocycles. The number of rotatable bonds is 6. The van der Waals surface area contributed by atoms with Crippen molar-refractivity contribution in [3.8, 4) is 0 Å². The van der Waals surface area contributed by atoms with Gasteiger partial charge < -0.3 is 15.9 Å². The summed E-state index contributed by atoms with van der Waals surface area (Å²) in [5.41, 5.74) is 7.20. The topological polar surface area (TPSA) is 83.5 Å². The Morgan fingerprint density at radius 1 is 1.26 bits per heavy atom. The van der Waals surface area contributed by atoms with Crippen LogP contribution in [0.3, 0.4) is 0 Å². The van der Waals surface area contributed by atoms with Crippen LogP contribution in [0.4, 0.5) is 0 Å². The molecule has 23 heavy (non-hydrogen) atoms. The van der Waals surface area contributed by atoms with E-state index in [4.69, 9.17) is 5.73 Å². The zero-order chi connectivity index (χ0) is 17.0. The van der Waals surface area contributed by atoms with Crippen molar-refractivity contribution in [2.24, 2.45) is 17.6 Å². The molecule has 1 aromatic rings. The van der Waals surface area contributed by atoms with Gasteiger partial charge in [0.25, 0.3) is 0 Å². The van der Waals surface area contributed by atoms with Crippen LogP contribution in [0.25, 0.3) is 0 Å². The van der Waals surface area contributed by atoms with Crippen LogP contribution in [-0.4, -0.2) is 27.8 Å². The molecule has 0 amide bonds. The van der Waals surface area contributed by atoms with E-state index >= 15 is 0 Å². The average Bonchev–Trinajstić information content (AvgIpc) is 2.53. The van der Waals surface area contributed by atoms with Crippen molar-refractivity contribution in [2.75, 3.05) is 0 Å². The standard InChI is InChI=1S/C19H29NO3/c1-13-7-9-16(10-8-13)18(21)17-6-4-3-5-15(17)11-12-19(22,23)14(2)20/h3-6,13-14,16,22-23H,7-12,20H2,1-2H3. The second kappa shape index (κ2) is 7.56. The Morgan fingerprint density at radius 2 is 1.87 bits per heavy atom. The quantitative estimate of drug-likeness (QED) is 0.556. The summed E-state index contributed by atoms with van der Waals surface area (Å²) in [4.78, 5) is 12.8. The van der Waals surface area contributed by atoms with Gasteiger partial charge >= 0.3 is 0 Å². The van der Waals surface area contributed by atoms with E-state index in [1.807, 2.05) is 24.3 Å². The molecular weight excluding hydrogens is 290 g/mol. The summed E-state index contributed by atoms with van der Waals surface area (Å²) in [6, 6.07) is 6.79. The molecule has 1 unspecified atom stereocenters. The SMILES string of the molecule is CC1CCC(C(=O)c2ccccc2CCC(O)(O)C(C)N)CC1. The average molecular weight is 319 g/mol. The van der Waals surface area contributed by atoms with Crippen molar-refractivity contribution < 1.29 is 15.0 Å². The fourth-order valence-corrected chi connectivity index (χ4v) is 3.27. The summed E-state index contributed by atoms with van der Waals surface area (Å²) in [5.74, 6) is -0.885. The van der Waals surface area contributed by atoms with Gasteiger partial charge in [-0.3, -0.25) is 4.79 Å². The first-order valence-corrected chi connectivity index (χ1v) is 8.63. The number of nitrogens with two attached hydrogens (primary N) is 1. The summed E-state index contributed by atoms with van der Waals surface area (Å²) in [6.45, 7) is 3.81. The molecule has 4 nitrogen and oxygen atoms in total. The van der Waals surface area contributed by atoms with Crippen molar-refractivity contribution >= 4 is 5.78 Å². The highest BCUT2D eigenvalue weighted by molar-refractivity contribution is 5.99. The van der Waals surface area contributed by atoms with Crippen molar-refractivity contribution in [2.45, 2.75) is 64.2 Å². The fourth-order valence-electron chi connectivity index (χ4n) is 3.27. The lowest BCUT2D eigenvalue weighted by Crippen LogP contribution is -2.46. The molecule has 1 aliphatic rings. The molecule has 0 saturated heterocycles. The number of benzene rings is 1. The molecule has 4 heteroatoms. The van der Waals surface area contributed by atoms with Gasteiger partial charge in [-0.2, -0.15) is 0 Å². The minimum absolute atomic E-state index is 0.105. The highest BCUT2D eigenvalue weighted by Gasteiger charge is 2.30. The van der Waals surface area contributed by atoms with Gasteiger partial charge in [0.15, 0.2) is 11.6 Å². The smallest absolute Gasteiger partial charge is 0.178 e. The van der Waals surface area contributed by atoms with Crippen LogP contribution in [-0.2, 0) is 6.42 Å². The van der Waals surface area contributed by atoms with Crippen molar-refractivity contribution in [1.82, 2.24) is 0 Å². The van der Waals surface area contributed by atoms with E-state index in [9.17, 15) is 15.0 Å².